The number of aryl methyl sites for hydroxylation is 1. The molecule has 0 aromatic carbocycles. The van der Waals surface area contributed by atoms with E-state index in [1.165, 1.54) is 12.8 Å². The maximum absolute atomic E-state index is 8.86. The fourth-order valence-corrected chi connectivity index (χ4v) is 1.32. The van der Waals surface area contributed by atoms with E-state index in [2.05, 4.69) is 9.97 Å². The van der Waals surface area contributed by atoms with Gasteiger partial charge in [0.2, 0.25) is 0 Å². The summed E-state index contributed by atoms with van der Waals surface area (Å²) in [6.07, 6.45) is 2.47. The molecule has 12 heavy (non-hydrogen) atoms. The van der Waals surface area contributed by atoms with Crippen molar-refractivity contribution in [3.63, 3.8) is 0 Å². The Bertz CT molecular complexity index is 295. The van der Waals surface area contributed by atoms with Gasteiger partial charge in [0.1, 0.15) is 6.61 Å². The van der Waals surface area contributed by atoms with Gasteiger partial charge in [-0.3, -0.25) is 0 Å². The second-order valence-corrected chi connectivity index (χ2v) is 3.28. The molecular formula is C9H12N2O. The lowest BCUT2D eigenvalue weighted by molar-refractivity contribution is 0.270. The van der Waals surface area contributed by atoms with Gasteiger partial charge < -0.3 is 5.11 Å². The first-order valence-corrected chi connectivity index (χ1v) is 4.25. The highest BCUT2D eigenvalue weighted by molar-refractivity contribution is 5.18. The van der Waals surface area contributed by atoms with Gasteiger partial charge in [0, 0.05) is 17.3 Å². The van der Waals surface area contributed by atoms with Crippen LogP contribution in [0.2, 0.25) is 0 Å². The molecule has 1 fully saturated rings. The SMILES string of the molecule is Cc1cc(C2CC2)nc(CO)n1. The van der Waals surface area contributed by atoms with Gasteiger partial charge in [-0.2, -0.15) is 0 Å². The van der Waals surface area contributed by atoms with Crippen molar-refractivity contribution >= 4 is 0 Å². The summed E-state index contributed by atoms with van der Waals surface area (Å²) in [6.45, 7) is 1.88. The molecule has 3 nitrogen and oxygen atoms in total. The molecule has 0 spiro atoms. The largest absolute Gasteiger partial charge is 0.388 e. The molecule has 0 aliphatic heterocycles. The van der Waals surface area contributed by atoms with Crippen LogP contribution < -0.4 is 0 Å². The number of aliphatic hydroxyl groups excluding tert-OH is 1. The standard InChI is InChI=1S/C9H12N2O/c1-6-4-8(7-2-3-7)11-9(5-12)10-6/h4,7,12H,2-3,5H2,1H3. The highest BCUT2D eigenvalue weighted by Crippen LogP contribution is 2.38. The Morgan fingerprint density at radius 2 is 2.25 bits per heavy atom. The Hall–Kier alpha value is -0.960. The molecule has 2 rings (SSSR count). The molecule has 0 bridgehead atoms. The first kappa shape index (κ1) is 7.68. The van der Waals surface area contributed by atoms with Crippen LogP contribution in [0.5, 0.6) is 0 Å². The van der Waals surface area contributed by atoms with Crippen LogP contribution in [0.25, 0.3) is 0 Å². The van der Waals surface area contributed by atoms with Crippen LogP contribution in [-0.4, -0.2) is 15.1 Å². The molecular weight excluding hydrogens is 152 g/mol. The Morgan fingerprint density at radius 1 is 1.50 bits per heavy atom. The Labute approximate surface area is 71.5 Å². The van der Waals surface area contributed by atoms with E-state index in [1.54, 1.807) is 0 Å². The van der Waals surface area contributed by atoms with E-state index in [-0.39, 0.29) is 6.61 Å². The fourth-order valence-electron chi connectivity index (χ4n) is 1.32. The molecule has 0 unspecified atom stereocenters. The lowest BCUT2D eigenvalue weighted by Crippen LogP contribution is -2.00. The summed E-state index contributed by atoms with van der Waals surface area (Å²) in [4.78, 5) is 8.35. The van der Waals surface area contributed by atoms with E-state index in [1.807, 2.05) is 13.0 Å². The minimum Gasteiger partial charge on any atom is -0.388 e. The molecule has 0 amide bonds. The predicted molar refractivity (Wildman–Crippen MR) is 44.7 cm³/mol. The van der Waals surface area contributed by atoms with Gasteiger partial charge in [-0.1, -0.05) is 0 Å². The second-order valence-electron chi connectivity index (χ2n) is 3.28. The molecule has 3 heteroatoms. The van der Waals surface area contributed by atoms with E-state index in [4.69, 9.17) is 5.11 Å². The molecule has 0 radical (unpaired) electrons. The number of aliphatic hydroxyl groups is 1. The number of aromatic nitrogens is 2. The van der Waals surface area contributed by atoms with E-state index in [0.717, 1.165) is 11.4 Å². The summed E-state index contributed by atoms with van der Waals surface area (Å²) in [5.41, 5.74) is 2.06. The topological polar surface area (TPSA) is 46.0 Å². The Kier molecular flexibility index (Phi) is 1.81. The summed E-state index contributed by atoms with van der Waals surface area (Å²) in [6, 6.07) is 2.01. The second kappa shape index (κ2) is 2.83. The first-order valence-electron chi connectivity index (χ1n) is 4.25. The van der Waals surface area contributed by atoms with Crippen molar-refractivity contribution in [2.45, 2.75) is 32.3 Å². The monoisotopic (exact) mass is 164 g/mol. The number of hydrogen-bond acceptors (Lipinski definition) is 3. The highest BCUT2D eigenvalue weighted by Gasteiger charge is 2.25. The lowest BCUT2D eigenvalue weighted by atomic mass is 10.2. The third-order valence-corrected chi connectivity index (χ3v) is 2.06. The van der Waals surface area contributed by atoms with Gasteiger partial charge in [0.05, 0.1) is 0 Å². The van der Waals surface area contributed by atoms with Crippen LogP contribution in [0.3, 0.4) is 0 Å². The Morgan fingerprint density at radius 3 is 2.83 bits per heavy atom. The Balaban J connectivity index is 2.34. The van der Waals surface area contributed by atoms with Crippen molar-refractivity contribution in [3.8, 4) is 0 Å². The van der Waals surface area contributed by atoms with Crippen LogP contribution >= 0.6 is 0 Å². The van der Waals surface area contributed by atoms with Gasteiger partial charge in [-0.15, -0.1) is 0 Å². The fraction of sp³-hybridized carbons (Fsp3) is 0.556. The first-order chi connectivity index (χ1) is 5.79. The molecule has 0 saturated heterocycles. The summed E-state index contributed by atoms with van der Waals surface area (Å²) >= 11 is 0. The predicted octanol–water partition coefficient (Wildman–Crippen LogP) is 1.15. The molecule has 1 aliphatic carbocycles. The summed E-state index contributed by atoms with van der Waals surface area (Å²) in [5, 5.41) is 8.86. The third-order valence-electron chi connectivity index (χ3n) is 2.06. The molecule has 1 aromatic rings. The van der Waals surface area contributed by atoms with E-state index in [9.17, 15) is 0 Å². The van der Waals surface area contributed by atoms with Crippen molar-refractivity contribution in [1.29, 1.82) is 0 Å². The van der Waals surface area contributed by atoms with E-state index in [0.29, 0.717) is 11.7 Å². The lowest BCUT2D eigenvalue weighted by Gasteiger charge is -2.01. The van der Waals surface area contributed by atoms with Crippen molar-refractivity contribution < 1.29 is 5.11 Å². The molecule has 1 aromatic heterocycles. The quantitative estimate of drug-likeness (QED) is 0.713. The minimum absolute atomic E-state index is 0.0542. The van der Waals surface area contributed by atoms with Crippen LogP contribution in [-0.2, 0) is 6.61 Å². The maximum atomic E-state index is 8.86. The van der Waals surface area contributed by atoms with Crippen molar-refractivity contribution in [2.75, 3.05) is 0 Å². The van der Waals surface area contributed by atoms with Gasteiger partial charge in [0.15, 0.2) is 5.82 Å². The number of rotatable bonds is 2. The maximum Gasteiger partial charge on any atom is 0.154 e. The summed E-state index contributed by atoms with van der Waals surface area (Å²) in [5.74, 6) is 1.19. The van der Waals surface area contributed by atoms with Crippen LogP contribution in [0.1, 0.15) is 36.0 Å². The van der Waals surface area contributed by atoms with Gasteiger partial charge in [-0.25, -0.2) is 9.97 Å². The van der Waals surface area contributed by atoms with Crippen LogP contribution in [0.4, 0.5) is 0 Å². The molecule has 0 atom stereocenters. The summed E-state index contributed by atoms with van der Waals surface area (Å²) in [7, 11) is 0. The van der Waals surface area contributed by atoms with Crippen molar-refractivity contribution in [1.82, 2.24) is 9.97 Å². The van der Waals surface area contributed by atoms with Gasteiger partial charge >= 0.3 is 0 Å². The average Bonchev–Trinajstić information content (AvgIpc) is 2.85. The molecule has 1 saturated carbocycles. The zero-order chi connectivity index (χ0) is 8.55. The molecule has 1 heterocycles. The normalized spacial score (nSPS) is 16.5. The average molecular weight is 164 g/mol. The molecule has 64 valence electrons. The van der Waals surface area contributed by atoms with Gasteiger partial charge in [-0.05, 0) is 25.8 Å². The smallest absolute Gasteiger partial charge is 0.154 e. The van der Waals surface area contributed by atoms with Crippen LogP contribution in [0, 0.1) is 6.92 Å². The summed E-state index contributed by atoms with van der Waals surface area (Å²) < 4.78 is 0. The van der Waals surface area contributed by atoms with E-state index >= 15 is 0 Å². The number of nitrogens with zero attached hydrogens (tertiary/aromatic N) is 2. The minimum atomic E-state index is -0.0542. The number of hydrogen-bond donors (Lipinski definition) is 1. The zero-order valence-corrected chi connectivity index (χ0v) is 7.12. The molecule has 1 N–H and O–H groups in total. The third kappa shape index (κ3) is 1.46. The highest BCUT2D eigenvalue weighted by atomic mass is 16.3. The van der Waals surface area contributed by atoms with Crippen molar-refractivity contribution in [3.05, 3.63) is 23.3 Å². The van der Waals surface area contributed by atoms with E-state index < -0.39 is 0 Å². The van der Waals surface area contributed by atoms with Crippen molar-refractivity contribution in [2.24, 2.45) is 0 Å². The molecule has 1 aliphatic rings. The zero-order valence-electron chi connectivity index (χ0n) is 7.12. The van der Waals surface area contributed by atoms with Crippen LogP contribution in [0.15, 0.2) is 6.07 Å². The van der Waals surface area contributed by atoms with Gasteiger partial charge in [0.25, 0.3) is 0 Å².